The largest absolute Gasteiger partial charge is 0.360 e. The highest BCUT2D eigenvalue weighted by atomic mass is 19.1. The molecular formula is C22H29FN3O+. The number of amides is 1. The van der Waals surface area contributed by atoms with Crippen LogP contribution in [0.5, 0.6) is 0 Å². The fourth-order valence-electron chi connectivity index (χ4n) is 3.88. The van der Waals surface area contributed by atoms with Gasteiger partial charge in [-0.25, -0.2) is 4.39 Å². The Bertz CT molecular complexity index is 787. The molecule has 1 heterocycles. The Hall–Kier alpha value is -2.40. The summed E-state index contributed by atoms with van der Waals surface area (Å²) < 4.78 is 13.4. The van der Waals surface area contributed by atoms with Crippen LogP contribution < -0.4 is 9.80 Å². The van der Waals surface area contributed by atoms with Gasteiger partial charge in [-0.15, -0.1) is 0 Å². The molecule has 1 saturated heterocycles. The normalized spacial score (nSPS) is 16.2. The Kier molecular flexibility index (Phi) is 6.11. The van der Waals surface area contributed by atoms with Crippen LogP contribution in [0.2, 0.25) is 0 Å². The predicted molar refractivity (Wildman–Crippen MR) is 106 cm³/mol. The molecular weight excluding hydrogens is 341 g/mol. The molecule has 5 heteroatoms. The number of carbonyl (C=O) groups is 1. The molecule has 1 aliphatic heterocycles. The molecule has 0 bridgehead atoms. The van der Waals surface area contributed by atoms with Gasteiger partial charge in [0.25, 0.3) is 5.91 Å². The molecule has 3 rings (SSSR count). The first-order valence-corrected chi connectivity index (χ1v) is 9.60. The summed E-state index contributed by atoms with van der Waals surface area (Å²) in [7, 11) is 1.80. The van der Waals surface area contributed by atoms with Crippen LogP contribution in [0.15, 0.2) is 48.5 Å². The van der Waals surface area contributed by atoms with Crippen molar-refractivity contribution < 1.29 is 14.1 Å². The van der Waals surface area contributed by atoms with Gasteiger partial charge in [0, 0.05) is 19.3 Å². The van der Waals surface area contributed by atoms with Gasteiger partial charge < -0.3 is 14.7 Å². The molecule has 0 radical (unpaired) electrons. The number of anilines is 1. The van der Waals surface area contributed by atoms with Crippen LogP contribution in [0.1, 0.15) is 18.1 Å². The van der Waals surface area contributed by atoms with E-state index in [9.17, 15) is 9.18 Å². The van der Waals surface area contributed by atoms with E-state index in [1.165, 1.54) is 28.3 Å². The zero-order valence-electron chi connectivity index (χ0n) is 16.4. The van der Waals surface area contributed by atoms with Crippen molar-refractivity contribution in [2.24, 2.45) is 0 Å². The van der Waals surface area contributed by atoms with E-state index in [-0.39, 0.29) is 17.8 Å². The van der Waals surface area contributed by atoms with Crippen LogP contribution in [0.4, 0.5) is 10.1 Å². The summed E-state index contributed by atoms with van der Waals surface area (Å²) in [5, 5.41) is 0. The third kappa shape index (κ3) is 4.66. The van der Waals surface area contributed by atoms with Crippen molar-refractivity contribution in [2.45, 2.75) is 26.4 Å². The number of hydrogen-bond acceptors (Lipinski definition) is 2. The lowest BCUT2D eigenvalue weighted by atomic mass is 10.1. The van der Waals surface area contributed by atoms with Crippen molar-refractivity contribution in [1.29, 1.82) is 0 Å². The van der Waals surface area contributed by atoms with E-state index in [2.05, 4.69) is 36.1 Å². The third-order valence-electron chi connectivity index (χ3n) is 5.53. The lowest BCUT2D eigenvalue weighted by Crippen LogP contribution is -3.19. The molecule has 0 aromatic heterocycles. The fraction of sp³-hybridized carbons (Fsp3) is 0.409. The number of rotatable bonds is 5. The number of piperazine rings is 1. The van der Waals surface area contributed by atoms with Crippen LogP contribution in [0, 0.1) is 12.7 Å². The van der Waals surface area contributed by atoms with E-state index >= 15 is 0 Å². The van der Waals surface area contributed by atoms with Gasteiger partial charge in [0.05, 0.1) is 26.2 Å². The zero-order valence-corrected chi connectivity index (χ0v) is 16.4. The number of para-hydroxylation sites is 1. The monoisotopic (exact) mass is 370 g/mol. The average Bonchev–Trinajstić information content (AvgIpc) is 2.67. The highest BCUT2D eigenvalue weighted by Gasteiger charge is 2.31. The number of quaternary nitrogens is 1. The van der Waals surface area contributed by atoms with Crippen molar-refractivity contribution >= 4 is 11.6 Å². The SMILES string of the molecule is Cc1ccccc1N1CC[NH+]([C@@H](C)C(=O)N(C)Cc2cccc(F)c2)CC1. The number of aryl methyl sites for hydroxylation is 1. The van der Waals surface area contributed by atoms with Crippen molar-refractivity contribution in [2.75, 3.05) is 38.1 Å². The van der Waals surface area contributed by atoms with E-state index in [0.29, 0.717) is 6.54 Å². The first kappa shape index (κ1) is 19.4. The van der Waals surface area contributed by atoms with Gasteiger partial charge in [-0.3, -0.25) is 4.79 Å². The van der Waals surface area contributed by atoms with E-state index < -0.39 is 0 Å². The first-order chi connectivity index (χ1) is 13.0. The lowest BCUT2D eigenvalue weighted by molar-refractivity contribution is -0.915. The van der Waals surface area contributed by atoms with Crippen molar-refractivity contribution in [1.82, 2.24) is 4.90 Å². The molecule has 0 saturated carbocycles. The molecule has 27 heavy (non-hydrogen) atoms. The molecule has 0 spiro atoms. The number of likely N-dealkylation sites (N-methyl/N-ethyl adjacent to an activating group) is 1. The molecule has 4 nitrogen and oxygen atoms in total. The van der Waals surface area contributed by atoms with Gasteiger partial charge in [-0.2, -0.15) is 0 Å². The molecule has 144 valence electrons. The number of benzene rings is 2. The van der Waals surface area contributed by atoms with Crippen molar-refractivity contribution in [3.8, 4) is 0 Å². The minimum Gasteiger partial charge on any atom is -0.360 e. The van der Waals surface area contributed by atoms with E-state index in [1.807, 2.05) is 13.0 Å². The van der Waals surface area contributed by atoms with Crippen molar-refractivity contribution in [3.63, 3.8) is 0 Å². The first-order valence-electron chi connectivity index (χ1n) is 9.60. The third-order valence-corrected chi connectivity index (χ3v) is 5.53. The number of halogens is 1. The maximum absolute atomic E-state index is 13.4. The van der Waals surface area contributed by atoms with Crippen LogP contribution >= 0.6 is 0 Å². The molecule has 2 aromatic rings. The molecule has 1 atom stereocenters. The maximum atomic E-state index is 13.4. The standard InChI is InChI=1S/C22H28FN3O/c1-17-7-4-5-10-21(17)26-13-11-25(12-14-26)18(2)22(27)24(3)16-19-8-6-9-20(23)15-19/h4-10,15,18H,11-14,16H2,1-3H3/p+1/t18-/m0/s1. The zero-order chi connectivity index (χ0) is 19.4. The smallest absolute Gasteiger partial charge is 0.280 e. The van der Waals surface area contributed by atoms with Crippen LogP contribution in [0.3, 0.4) is 0 Å². The summed E-state index contributed by atoms with van der Waals surface area (Å²) >= 11 is 0. The summed E-state index contributed by atoms with van der Waals surface area (Å²) in [6, 6.07) is 14.8. The second-order valence-corrected chi connectivity index (χ2v) is 7.48. The number of carbonyl (C=O) groups excluding carboxylic acids is 1. The second-order valence-electron chi connectivity index (χ2n) is 7.48. The fourth-order valence-corrected chi connectivity index (χ4v) is 3.88. The Labute approximate surface area is 161 Å². The summed E-state index contributed by atoms with van der Waals surface area (Å²) in [6.07, 6.45) is 0. The second kappa shape index (κ2) is 8.53. The number of hydrogen-bond donors (Lipinski definition) is 1. The average molecular weight is 370 g/mol. The molecule has 0 aliphatic carbocycles. The maximum Gasteiger partial charge on any atom is 0.280 e. The summed E-state index contributed by atoms with van der Waals surface area (Å²) in [5.41, 5.74) is 3.40. The van der Waals surface area contributed by atoms with Gasteiger partial charge >= 0.3 is 0 Å². The predicted octanol–water partition coefficient (Wildman–Crippen LogP) is 1.89. The van der Waals surface area contributed by atoms with Crippen molar-refractivity contribution in [3.05, 3.63) is 65.5 Å². The van der Waals surface area contributed by atoms with Crippen LogP contribution in [-0.4, -0.2) is 50.1 Å². The van der Waals surface area contributed by atoms with Crippen LogP contribution in [-0.2, 0) is 11.3 Å². The quantitative estimate of drug-likeness (QED) is 0.871. The van der Waals surface area contributed by atoms with E-state index in [4.69, 9.17) is 0 Å². The molecule has 1 aliphatic rings. The van der Waals surface area contributed by atoms with E-state index in [0.717, 1.165) is 31.7 Å². The highest BCUT2D eigenvalue weighted by Crippen LogP contribution is 2.19. The number of nitrogens with one attached hydrogen (secondary N) is 1. The van der Waals surface area contributed by atoms with Gasteiger partial charge in [-0.1, -0.05) is 30.3 Å². The minimum atomic E-state index is -0.264. The molecule has 1 amide bonds. The Morgan fingerprint density at radius 2 is 1.89 bits per heavy atom. The van der Waals surface area contributed by atoms with Gasteiger partial charge in [0.15, 0.2) is 6.04 Å². The molecule has 1 N–H and O–H groups in total. The van der Waals surface area contributed by atoms with Gasteiger partial charge in [0.2, 0.25) is 0 Å². The molecule has 2 aromatic carbocycles. The highest BCUT2D eigenvalue weighted by molar-refractivity contribution is 5.79. The Morgan fingerprint density at radius 3 is 2.56 bits per heavy atom. The summed E-state index contributed by atoms with van der Waals surface area (Å²) in [5.74, 6) is -0.155. The number of nitrogens with zero attached hydrogens (tertiary/aromatic N) is 2. The minimum absolute atomic E-state index is 0.0948. The lowest BCUT2D eigenvalue weighted by Gasteiger charge is -2.37. The van der Waals surface area contributed by atoms with E-state index in [1.54, 1.807) is 18.0 Å². The summed E-state index contributed by atoms with van der Waals surface area (Å²) in [6.45, 7) is 8.36. The van der Waals surface area contributed by atoms with Crippen LogP contribution in [0.25, 0.3) is 0 Å². The van der Waals surface area contributed by atoms with Gasteiger partial charge in [-0.05, 0) is 43.2 Å². The molecule has 1 fully saturated rings. The Morgan fingerprint density at radius 1 is 1.19 bits per heavy atom. The Balaban J connectivity index is 1.56. The topological polar surface area (TPSA) is 28.0 Å². The van der Waals surface area contributed by atoms with Gasteiger partial charge in [0.1, 0.15) is 5.82 Å². The molecule has 0 unspecified atom stereocenters. The summed E-state index contributed by atoms with van der Waals surface area (Å²) in [4.78, 5) is 18.3.